The minimum Gasteiger partial charge on any atom is -0.480 e. The smallest absolute Gasteiger partial charge is 0.322 e. The van der Waals surface area contributed by atoms with Crippen LogP contribution in [-0.2, 0) is 43.2 Å². The number of aromatic nitrogens is 4. The molecule has 12 N–H and O–H groups in total. The van der Waals surface area contributed by atoms with Crippen LogP contribution >= 0.6 is 23.5 Å². The molecule has 0 aliphatic heterocycles. The van der Waals surface area contributed by atoms with Crippen LogP contribution in [0.2, 0.25) is 0 Å². The first-order valence-corrected chi connectivity index (χ1v) is 21.1. The molecule has 0 spiro atoms. The highest BCUT2D eigenvalue weighted by atomic mass is 32.2. The minimum atomic E-state index is -1.49. The predicted octanol–water partition coefficient (Wildman–Crippen LogP) is -1.47. The number of thioether (sulfide) groups is 2. The highest BCUT2D eigenvalue weighted by molar-refractivity contribution is 7.99. The Morgan fingerprint density at radius 3 is 1.65 bits per heavy atom. The second kappa shape index (κ2) is 25.2. The molecule has 27 heteroatoms. The summed E-state index contributed by atoms with van der Waals surface area (Å²) >= 11 is 1.73. The first kappa shape index (κ1) is 51.4. The molecule has 0 saturated heterocycles. The van der Waals surface area contributed by atoms with Gasteiger partial charge in [-0.15, -0.1) is 23.5 Å². The molecule has 1 fully saturated rings. The molecular formula is C36H46F2N10O13S2. The van der Waals surface area contributed by atoms with E-state index in [4.69, 9.17) is 31.9 Å². The van der Waals surface area contributed by atoms with Gasteiger partial charge in [-0.25, -0.2) is 19.9 Å². The van der Waals surface area contributed by atoms with E-state index in [1.54, 1.807) is 0 Å². The molecule has 0 radical (unpaired) electrons. The summed E-state index contributed by atoms with van der Waals surface area (Å²) in [6.45, 7) is -1.68. The maximum atomic E-state index is 14.7. The van der Waals surface area contributed by atoms with E-state index in [9.17, 15) is 51.9 Å². The number of rotatable bonds is 26. The van der Waals surface area contributed by atoms with Gasteiger partial charge in [0.05, 0.1) is 16.2 Å². The number of nitrogens with one attached hydrogen (secondary N) is 4. The van der Waals surface area contributed by atoms with Crippen LogP contribution in [0.3, 0.4) is 0 Å². The number of aliphatic carboxylic acids is 4. The molecule has 1 saturated carbocycles. The second-order valence-electron chi connectivity index (χ2n) is 14.0. The summed E-state index contributed by atoms with van der Waals surface area (Å²) in [5, 5.41) is 43.4. The second-order valence-corrected chi connectivity index (χ2v) is 16.3. The number of halogens is 2. The molecule has 63 heavy (non-hydrogen) atoms. The lowest BCUT2D eigenvalue weighted by molar-refractivity contribution is -0.140. The van der Waals surface area contributed by atoms with Crippen molar-refractivity contribution >= 4 is 76.8 Å². The van der Waals surface area contributed by atoms with Gasteiger partial charge in [0.1, 0.15) is 48.9 Å². The lowest BCUT2D eigenvalue weighted by Gasteiger charge is -2.36. The van der Waals surface area contributed by atoms with Crippen LogP contribution in [0, 0.1) is 23.9 Å². The molecule has 1 aliphatic rings. The molecule has 2 heterocycles. The van der Waals surface area contributed by atoms with E-state index in [0.717, 1.165) is 42.0 Å². The third-order valence-electron chi connectivity index (χ3n) is 9.34. The molecule has 8 unspecified atom stereocenters. The molecule has 23 nitrogen and oxygen atoms in total. The third-order valence-corrected chi connectivity index (χ3v) is 12.2. The van der Waals surface area contributed by atoms with E-state index in [-0.39, 0.29) is 48.7 Å². The van der Waals surface area contributed by atoms with Crippen LogP contribution < -0.4 is 32.7 Å². The number of nitrogens with zero attached hydrogens (tertiary/aromatic N) is 4. The van der Waals surface area contributed by atoms with Crippen LogP contribution in [0.5, 0.6) is 0 Å². The summed E-state index contributed by atoms with van der Waals surface area (Å²) in [4.78, 5) is 127. The third kappa shape index (κ3) is 17.0. The number of Topliss-reactive ketones (excluding diaryl/α,β-unsaturated/α-hetero) is 1. The topological polar surface area (TPSA) is 386 Å². The number of hydrogen-bond donors (Lipinski definition) is 10. The Balaban J connectivity index is 1.98. The van der Waals surface area contributed by atoms with Crippen molar-refractivity contribution < 1.29 is 72.4 Å². The summed E-state index contributed by atoms with van der Waals surface area (Å²) in [5.74, 6) is -13.6. The van der Waals surface area contributed by atoms with Gasteiger partial charge in [-0.2, -0.15) is 8.78 Å². The first-order chi connectivity index (χ1) is 29.8. The Hall–Kier alpha value is -5.93. The largest absolute Gasteiger partial charge is 0.480 e. The van der Waals surface area contributed by atoms with Gasteiger partial charge in [-0.05, 0) is 31.7 Å². The maximum Gasteiger partial charge on any atom is 0.322 e. The van der Waals surface area contributed by atoms with Crippen LogP contribution in [0.1, 0.15) is 67.0 Å². The van der Waals surface area contributed by atoms with Gasteiger partial charge in [0.25, 0.3) is 0 Å². The molecule has 8 atom stereocenters. The van der Waals surface area contributed by atoms with Gasteiger partial charge in [0, 0.05) is 54.6 Å². The summed E-state index contributed by atoms with van der Waals surface area (Å²) in [7, 11) is 0. The normalized spacial score (nSPS) is 17.7. The number of ketones is 1. The summed E-state index contributed by atoms with van der Waals surface area (Å²) in [5.41, 5.74) is 11.0. The van der Waals surface area contributed by atoms with Crippen molar-refractivity contribution in [3.05, 3.63) is 48.1 Å². The fourth-order valence-electron chi connectivity index (χ4n) is 6.18. The van der Waals surface area contributed by atoms with Crippen molar-refractivity contribution in [2.75, 3.05) is 24.6 Å². The van der Waals surface area contributed by atoms with Gasteiger partial charge in [0.15, 0.2) is 0 Å². The van der Waals surface area contributed by atoms with Crippen LogP contribution in [0.25, 0.3) is 0 Å². The molecule has 2 aromatic rings. The number of amides is 4. The van der Waals surface area contributed by atoms with Gasteiger partial charge < -0.3 is 53.2 Å². The van der Waals surface area contributed by atoms with E-state index < -0.39 is 138 Å². The van der Waals surface area contributed by atoms with Crippen molar-refractivity contribution in [3.63, 3.8) is 0 Å². The predicted molar refractivity (Wildman–Crippen MR) is 215 cm³/mol. The number of carboxylic acids is 4. The van der Waals surface area contributed by atoms with Gasteiger partial charge in [0.2, 0.25) is 29.6 Å². The molecule has 2 aromatic heterocycles. The van der Waals surface area contributed by atoms with Crippen molar-refractivity contribution in [3.8, 4) is 0 Å². The fraction of sp³-hybridized carbons (Fsp3) is 0.528. The van der Waals surface area contributed by atoms with Crippen LogP contribution in [0.15, 0.2) is 24.5 Å². The Bertz CT molecular complexity index is 1870. The zero-order valence-corrected chi connectivity index (χ0v) is 34.8. The Labute approximate surface area is 365 Å². The van der Waals surface area contributed by atoms with Crippen molar-refractivity contribution in [2.24, 2.45) is 23.3 Å². The summed E-state index contributed by atoms with van der Waals surface area (Å²) in [6, 6.07) is -3.51. The summed E-state index contributed by atoms with van der Waals surface area (Å²) in [6.07, 6.45) is 0.115. The zero-order chi connectivity index (χ0) is 46.8. The molecular weight excluding hydrogens is 883 g/mol. The Morgan fingerprint density at radius 2 is 1.19 bits per heavy atom. The average Bonchev–Trinajstić information content (AvgIpc) is 3.22. The fourth-order valence-corrected chi connectivity index (χ4v) is 9.02. The van der Waals surface area contributed by atoms with Crippen molar-refractivity contribution in [1.82, 2.24) is 41.2 Å². The standard InChI is InChI=1S/C36H46F2N10O13S2/c37-23-9-11-41-31(48-23)30(63-15-22(33(57)44-13-27(53)54)46-25(50)7-5-19(40)35(60)61)17-3-1-2-16(28(17)55)29(20-8-10-42-36(38)47-20)62-14-21(32(56)43-12-26(51)52)45-24(49)6-4-18(39)34(58)59/h8-11,16-19,21-22,29-30H,1-7,12-15,39-40H2,(H,43,56)(H,44,57)(H,45,49)(H,46,50)(H,51,52)(H,53,54)(H,58,59)(H,60,61). The van der Waals surface area contributed by atoms with E-state index in [1.165, 1.54) is 6.07 Å². The molecule has 344 valence electrons. The monoisotopic (exact) mass is 928 g/mol. The SMILES string of the molecule is NC(CCC(=O)NC(CSC(c1ccnc(F)n1)C1CCCC(C(SCC(NC(=O)CCC(N)C(=O)O)C(=O)NCC(=O)O)c2nccc(F)n2)C1=O)C(=O)NCC(=O)O)C(=O)O. The Kier molecular flexibility index (Phi) is 20.6. The molecule has 4 amide bonds. The van der Waals surface area contributed by atoms with E-state index in [0.29, 0.717) is 6.42 Å². The molecule has 0 bridgehead atoms. The molecule has 3 rings (SSSR count). The maximum absolute atomic E-state index is 14.7. The van der Waals surface area contributed by atoms with Gasteiger partial charge in [-0.3, -0.25) is 43.2 Å². The van der Waals surface area contributed by atoms with Gasteiger partial charge in [-0.1, -0.05) is 6.42 Å². The van der Waals surface area contributed by atoms with Crippen LogP contribution in [-0.4, -0.2) is 142 Å². The summed E-state index contributed by atoms with van der Waals surface area (Å²) < 4.78 is 29.2. The molecule has 0 aromatic carbocycles. The highest BCUT2D eigenvalue weighted by Crippen LogP contribution is 2.48. The van der Waals surface area contributed by atoms with Crippen molar-refractivity contribution in [2.45, 2.75) is 79.6 Å². The highest BCUT2D eigenvalue weighted by Gasteiger charge is 2.44. The lowest BCUT2D eigenvalue weighted by Crippen LogP contribution is -2.50. The van der Waals surface area contributed by atoms with Crippen molar-refractivity contribution in [1.29, 1.82) is 0 Å². The van der Waals surface area contributed by atoms with Crippen LogP contribution in [0.4, 0.5) is 8.78 Å². The number of hydrogen-bond acceptors (Lipinski definition) is 17. The van der Waals surface area contributed by atoms with E-state index >= 15 is 0 Å². The number of nitrogens with two attached hydrogens (primary N) is 2. The lowest BCUT2D eigenvalue weighted by atomic mass is 9.76. The van der Waals surface area contributed by atoms with E-state index in [1.807, 2.05) is 0 Å². The molecule has 1 aliphatic carbocycles. The zero-order valence-electron chi connectivity index (χ0n) is 33.2. The number of carbonyl (C=O) groups excluding carboxylic acids is 5. The first-order valence-electron chi connectivity index (χ1n) is 19.1. The quantitative estimate of drug-likeness (QED) is 0.0380. The van der Waals surface area contributed by atoms with E-state index in [2.05, 4.69) is 41.2 Å². The van der Waals surface area contributed by atoms with Gasteiger partial charge >= 0.3 is 30.0 Å². The minimum absolute atomic E-state index is 0.0124. The Morgan fingerprint density at radius 1 is 0.714 bits per heavy atom. The number of carboxylic acid groups (broad SMARTS) is 4. The number of carbonyl (C=O) groups is 9. The average molecular weight is 929 g/mol.